The lowest BCUT2D eigenvalue weighted by atomic mass is 10.1. The maximum absolute atomic E-state index is 12.6. The Morgan fingerprint density at radius 3 is 2.58 bits per heavy atom. The molecular weight excluding hydrogens is 657 g/mol. The molecule has 4 atom stereocenters. The van der Waals surface area contributed by atoms with Crippen molar-refractivity contribution in [2.45, 2.75) is 76.7 Å². The molecule has 2 heterocycles. The van der Waals surface area contributed by atoms with Crippen LogP contribution in [0.3, 0.4) is 0 Å². The van der Waals surface area contributed by atoms with Crippen molar-refractivity contribution in [2.75, 3.05) is 32.1 Å². The Balaban J connectivity index is 1.33. The van der Waals surface area contributed by atoms with Gasteiger partial charge in [0.25, 0.3) is 5.56 Å². The molecule has 15 heteroatoms. The number of aromatic amines is 1. The van der Waals surface area contributed by atoms with Gasteiger partial charge in [-0.2, -0.15) is 5.26 Å². The largest absolute Gasteiger partial charge is 0.356 e. The molecule has 2 unspecified atom stereocenters. The van der Waals surface area contributed by atoms with E-state index < -0.39 is 25.9 Å². The van der Waals surface area contributed by atoms with Crippen molar-refractivity contribution in [3.05, 3.63) is 74.6 Å². The van der Waals surface area contributed by atoms with Crippen molar-refractivity contribution in [2.24, 2.45) is 0 Å². The second-order valence-electron chi connectivity index (χ2n) is 11.0. The molecule has 3 N–H and O–H groups in total. The first-order chi connectivity index (χ1) is 23.2. The summed E-state index contributed by atoms with van der Waals surface area (Å²) in [6.45, 7) is 5.03. The molecule has 0 spiro atoms. The van der Waals surface area contributed by atoms with Crippen molar-refractivity contribution in [1.29, 1.82) is 5.26 Å². The first-order valence-corrected chi connectivity index (χ1v) is 18.7. The third kappa shape index (κ3) is 13.5. The van der Waals surface area contributed by atoms with Crippen LogP contribution in [0.1, 0.15) is 80.4 Å². The Kier molecular flexibility index (Phi) is 17.3. The van der Waals surface area contributed by atoms with Crippen LogP contribution < -0.4 is 21.9 Å². The van der Waals surface area contributed by atoms with Crippen LogP contribution in [0.5, 0.6) is 0 Å². The van der Waals surface area contributed by atoms with E-state index in [1.165, 1.54) is 22.9 Å². The molecule has 0 aliphatic carbocycles. The predicted octanol–water partition coefficient (Wildman–Crippen LogP) is 4.26. The summed E-state index contributed by atoms with van der Waals surface area (Å²) >= 11 is 1.14. The van der Waals surface area contributed by atoms with E-state index in [4.69, 9.17) is 19.0 Å². The van der Waals surface area contributed by atoms with E-state index in [1.807, 2.05) is 31.2 Å². The molecule has 0 bridgehead atoms. The van der Waals surface area contributed by atoms with Crippen molar-refractivity contribution >= 4 is 43.1 Å². The fourth-order valence-electron chi connectivity index (χ4n) is 4.87. The molecule has 1 aromatic carbocycles. The summed E-state index contributed by atoms with van der Waals surface area (Å²) in [6.07, 6.45) is 7.57. The average Bonchev–Trinajstić information content (AvgIpc) is 3.48. The van der Waals surface area contributed by atoms with Crippen LogP contribution in [0, 0.1) is 11.3 Å². The number of thioether (sulfide) groups is 1. The maximum atomic E-state index is 12.6. The second-order valence-corrected chi connectivity index (χ2v) is 13.4. The number of H-pyrrole nitrogens is 1. The number of nitriles is 1. The minimum atomic E-state index is -1.24. The van der Waals surface area contributed by atoms with E-state index in [1.54, 1.807) is 18.8 Å². The minimum absolute atomic E-state index is 0.0435. The van der Waals surface area contributed by atoms with Crippen molar-refractivity contribution in [1.82, 2.24) is 20.2 Å². The molecule has 0 saturated carbocycles. The van der Waals surface area contributed by atoms with E-state index in [-0.39, 0.29) is 54.1 Å². The fourth-order valence-corrected chi connectivity index (χ4v) is 6.66. The number of carbonyl (C=O) groups excluding carboxylic acids is 3. The van der Waals surface area contributed by atoms with Crippen molar-refractivity contribution < 1.29 is 28.2 Å². The zero-order chi connectivity index (χ0) is 34.7. The molecule has 48 heavy (non-hydrogen) atoms. The number of hydrogen-bond donors (Lipinski definition) is 3. The lowest BCUT2D eigenvalue weighted by Gasteiger charge is -2.20. The molecule has 2 aromatic rings. The summed E-state index contributed by atoms with van der Waals surface area (Å²) < 4.78 is 19.0. The van der Waals surface area contributed by atoms with Crippen LogP contribution in [0.25, 0.3) is 6.08 Å². The average molecular weight is 702 g/mol. The highest BCUT2D eigenvalue weighted by Gasteiger charge is 2.37. The molecule has 3 rings (SSSR count). The van der Waals surface area contributed by atoms with Crippen LogP contribution in [0.15, 0.2) is 52.2 Å². The number of carbonyl (C=O) groups is 3. The number of hydrogen-bond acceptors (Lipinski definition) is 10. The van der Waals surface area contributed by atoms with Gasteiger partial charge in [-0.3, -0.25) is 28.7 Å². The molecule has 1 fully saturated rings. The third-order valence-corrected chi connectivity index (χ3v) is 9.39. The van der Waals surface area contributed by atoms with Crippen LogP contribution in [-0.2, 0) is 23.4 Å². The molecule has 1 aliphatic rings. The monoisotopic (exact) mass is 701 g/mol. The van der Waals surface area contributed by atoms with Crippen LogP contribution in [-0.4, -0.2) is 70.8 Å². The highest BCUT2D eigenvalue weighted by molar-refractivity contribution is 8.14. The number of aromatic nitrogens is 2. The zero-order valence-corrected chi connectivity index (χ0v) is 29.1. The molecule has 2 amide bonds. The number of amides is 2. The summed E-state index contributed by atoms with van der Waals surface area (Å²) in [5.41, 5.74) is -0.485. The molecule has 260 valence electrons. The van der Waals surface area contributed by atoms with Gasteiger partial charge in [0, 0.05) is 56.2 Å². The van der Waals surface area contributed by atoms with Gasteiger partial charge in [0.1, 0.15) is 6.23 Å². The highest BCUT2D eigenvalue weighted by Crippen LogP contribution is 2.42. The highest BCUT2D eigenvalue weighted by atomic mass is 32.2. The van der Waals surface area contributed by atoms with Crippen LogP contribution >= 0.6 is 20.1 Å². The standard InChI is InChI=1S/C33H44N5O8PS/c1-3-26-27(46-47(2)44-20-11-17-34)22-30(45-26)38-23-25(31(41)37-33(38)43)14-15-28(39)35-18-9-4-5-10-19-36-29(40)16-21-48-32(42)24-12-7-6-8-13-24/h6-8,12-15,23,26-27,30H,3-5,9-11,16,18-22H2,1-2H3,(H,35,39)(H,36,40)(H,37,41,43)/b15-14+/t26-,27?,30-,47?/m1/s1. The lowest BCUT2D eigenvalue weighted by Crippen LogP contribution is -2.33. The topological polar surface area (TPSA) is 182 Å². The number of unbranched alkanes of at least 4 members (excludes halogenated alkanes) is 3. The first kappa shape index (κ1) is 38.8. The van der Waals surface area contributed by atoms with Gasteiger partial charge < -0.3 is 24.4 Å². The second kappa shape index (κ2) is 21.4. The smallest absolute Gasteiger partial charge is 0.330 e. The number of benzene rings is 1. The van der Waals surface area contributed by atoms with E-state index >= 15 is 0 Å². The Bertz CT molecular complexity index is 1530. The van der Waals surface area contributed by atoms with Crippen LogP contribution in [0.4, 0.5) is 0 Å². The molecule has 1 aliphatic heterocycles. The number of ether oxygens (including phenoxy) is 1. The number of rotatable bonds is 20. The van der Waals surface area contributed by atoms with Gasteiger partial charge in [-0.25, -0.2) is 4.79 Å². The van der Waals surface area contributed by atoms with E-state index in [0.29, 0.717) is 37.2 Å². The zero-order valence-electron chi connectivity index (χ0n) is 27.4. The van der Waals surface area contributed by atoms with Gasteiger partial charge in [-0.05, 0) is 25.3 Å². The molecule has 1 saturated heterocycles. The summed E-state index contributed by atoms with van der Waals surface area (Å²) in [4.78, 5) is 63.8. The van der Waals surface area contributed by atoms with Gasteiger partial charge in [-0.1, -0.05) is 61.9 Å². The summed E-state index contributed by atoms with van der Waals surface area (Å²) in [5.74, 6) is -0.0218. The summed E-state index contributed by atoms with van der Waals surface area (Å²) in [7, 11) is -1.24. The van der Waals surface area contributed by atoms with E-state index in [2.05, 4.69) is 15.6 Å². The Hall–Kier alpha value is -3.60. The SMILES string of the molecule is CC[C@H]1O[C@@H](n2cc(/C=C/C(=O)NCCCCCCNC(=O)CCSC(=O)c3ccccc3)c(=O)[nH]c2=O)CC1OP(C)OCCC#N. The molecule has 1 aromatic heterocycles. The normalized spacial score (nSPS) is 18.0. The van der Waals surface area contributed by atoms with Gasteiger partial charge in [-0.15, -0.1) is 0 Å². The van der Waals surface area contributed by atoms with E-state index in [9.17, 15) is 24.0 Å². The van der Waals surface area contributed by atoms with Gasteiger partial charge >= 0.3 is 5.69 Å². The third-order valence-electron chi connectivity index (χ3n) is 7.37. The Morgan fingerprint density at radius 1 is 1.15 bits per heavy atom. The maximum Gasteiger partial charge on any atom is 0.330 e. The predicted molar refractivity (Wildman–Crippen MR) is 185 cm³/mol. The molecule has 13 nitrogen and oxygen atoms in total. The lowest BCUT2D eigenvalue weighted by molar-refractivity contribution is -0.120. The minimum Gasteiger partial charge on any atom is -0.356 e. The summed E-state index contributed by atoms with van der Waals surface area (Å²) in [5, 5.41) is 14.3. The van der Waals surface area contributed by atoms with Gasteiger partial charge in [0.05, 0.1) is 36.9 Å². The Labute approximate surface area is 285 Å². The fraction of sp³-hybridized carbons (Fsp3) is 0.515. The van der Waals surface area contributed by atoms with Crippen molar-refractivity contribution in [3.8, 4) is 6.07 Å². The van der Waals surface area contributed by atoms with Gasteiger partial charge in [0.2, 0.25) is 16.9 Å². The van der Waals surface area contributed by atoms with Gasteiger partial charge in [0.15, 0.2) is 8.38 Å². The quantitative estimate of drug-likeness (QED) is 0.103. The van der Waals surface area contributed by atoms with Crippen molar-refractivity contribution in [3.63, 3.8) is 0 Å². The molecular formula is C33H44N5O8PS. The number of nitrogens with one attached hydrogen (secondary N) is 3. The van der Waals surface area contributed by atoms with E-state index in [0.717, 1.165) is 37.4 Å². The summed E-state index contributed by atoms with van der Waals surface area (Å²) in [6, 6.07) is 11.0. The number of nitrogens with zero attached hydrogens (tertiary/aromatic N) is 2. The first-order valence-electron chi connectivity index (χ1n) is 16.1. The van der Waals surface area contributed by atoms with Crippen LogP contribution in [0.2, 0.25) is 0 Å². The Morgan fingerprint density at radius 2 is 1.88 bits per heavy atom. The molecule has 0 radical (unpaired) electrons.